The van der Waals surface area contributed by atoms with Gasteiger partial charge >= 0.3 is 0 Å². The van der Waals surface area contributed by atoms with Gasteiger partial charge in [-0.05, 0) is 35.6 Å². The summed E-state index contributed by atoms with van der Waals surface area (Å²) in [5.41, 5.74) is 0. The van der Waals surface area contributed by atoms with Crippen LogP contribution in [0.25, 0.3) is 0 Å². The maximum absolute atomic E-state index is 8.93. The lowest BCUT2D eigenvalue weighted by Gasteiger charge is -2.32. The van der Waals surface area contributed by atoms with Gasteiger partial charge in [-0.25, -0.2) is 4.68 Å². The van der Waals surface area contributed by atoms with Gasteiger partial charge in [-0.3, -0.25) is 0 Å². The van der Waals surface area contributed by atoms with E-state index in [1.165, 1.54) is 6.42 Å². The molecule has 0 radical (unpaired) electrons. The summed E-state index contributed by atoms with van der Waals surface area (Å²) in [6.07, 6.45) is 3.22. The smallest absolute Gasteiger partial charge is 0.245 e. The largest absolute Gasteiger partial charge is 0.396 e. The maximum atomic E-state index is 8.93. The van der Waals surface area contributed by atoms with Gasteiger partial charge in [0, 0.05) is 26.7 Å². The molecule has 1 N–H and O–H groups in total. The fourth-order valence-corrected chi connectivity index (χ4v) is 2.16. The molecule has 0 saturated carbocycles. The Labute approximate surface area is 88.9 Å². The quantitative estimate of drug-likeness (QED) is 0.750. The zero-order valence-electron chi connectivity index (χ0n) is 9.00. The first-order valence-corrected chi connectivity index (χ1v) is 5.39. The maximum Gasteiger partial charge on any atom is 0.245 e. The number of nitrogens with zero attached hydrogens (tertiary/aromatic N) is 5. The van der Waals surface area contributed by atoms with Gasteiger partial charge in [-0.2, -0.15) is 0 Å². The second-order valence-corrected chi connectivity index (χ2v) is 4.07. The molecule has 6 nitrogen and oxygen atoms in total. The Hall–Kier alpha value is -1.17. The van der Waals surface area contributed by atoms with Crippen LogP contribution >= 0.6 is 0 Å². The van der Waals surface area contributed by atoms with E-state index in [0.29, 0.717) is 5.92 Å². The predicted octanol–water partition coefficient (Wildman–Crippen LogP) is -0.191. The number of piperidine rings is 1. The van der Waals surface area contributed by atoms with Crippen molar-refractivity contribution in [3.8, 4) is 0 Å². The van der Waals surface area contributed by atoms with Gasteiger partial charge in [0.05, 0.1) is 0 Å². The summed E-state index contributed by atoms with van der Waals surface area (Å²) < 4.78 is 1.70. The molecule has 6 heteroatoms. The number of tetrazole rings is 1. The van der Waals surface area contributed by atoms with Crippen LogP contribution in [0.3, 0.4) is 0 Å². The topological polar surface area (TPSA) is 67.1 Å². The van der Waals surface area contributed by atoms with Crippen LogP contribution in [0.5, 0.6) is 0 Å². The van der Waals surface area contributed by atoms with E-state index >= 15 is 0 Å². The highest BCUT2D eigenvalue weighted by Gasteiger charge is 2.22. The average Bonchev–Trinajstić information content (AvgIpc) is 2.65. The average molecular weight is 211 g/mol. The molecule has 1 fully saturated rings. The van der Waals surface area contributed by atoms with Crippen molar-refractivity contribution in [3.05, 3.63) is 0 Å². The minimum Gasteiger partial charge on any atom is -0.396 e. The molecule has 0 aliphatic carbocycles. The first-order chi connectivity index (χ1) is 7.31. The summed E-state index contributed by atoms with van der Waals surface area (Å²) in [6, 6.07) is 0. The molecule has 1 unspecified atom stereocenters. The lowest BCUT2D eigenvalue weighted by atomic mass is 9.95. The minimum absolute atomic E-state index is 0.273. The summed E-state index contributed by atoms with van der Waals surface area (Å²) >= 11 is 0. The third-order valence-corrected chi connectivity index (χ3v) is 2.94. The third kappa shape index (κ3) is 2.26. The number of rotatable bonds is 3. The molecular weight excluding hydrogens is 194 g/mol. The number of aliphatic hydroxyl groups excluding tert-OH is 1. The highest BCUT2D eigenvalue weighted by atomic mass is 16.3. The molecule has 1 aliphatic rings. The third-order valence-electron chi connectivity index (χ3n) is 2.94. The van der Waals surface area contributed by atoms with Crippen molar-refractivity contribution in [1.82, 2.24) is 20.2 Å². The van der Waals surface area contributed by atoms with Gasteiger partial charge in [0.1, 0.15) is 0 Å². The van der Waals surface area contributed by atoms with E-state index in [2.05, 4.69) is 20.4 Å². The van der Waals surface area contributed by atoms with E-state index in [1.807, 2.05) is 7.05 Å². The Bertz CT molecular complexity index is 311. The fraction of sp³-hybridized carbons (Fsp3) is 0.889. The zero-order valence-corrected chi connectivity index (χ0v) is 9.00. The van der Waals surface area contributed by atoms with Crippen LogP contribution in [0.4, 0.5) is 5.95 Å². The Morgan fingerprint density at radius 3 is 3.07 bits per heavy atom. The Balaban J connectivity index is 2.01. The molecule has 1 aromatic heterocycles. The van der Waals surface area contributed by atoms with Crippen molar-refractivity contribution in [1.29, 1.82) is 0 Å². The van der Waals surface area contributed by atoms with E-state index in [-0.39, 0.29) is 6.61 Å². The number of anilines is 1. The molecule has 1 saturated heterocycles. The first-order valence-electron chi connectivity index (χ1n) is 5.39. The Kier molecular flexibility index (Phi) is 3.15. The van der Waals surface area contributed by atoms with Crippen LogP contribution in [0.15, 0.2) is 0 Å². The molecule has 1 aliphatic heterocycles. The summed E-state index contributed by atoms with van der Waals surface area (Å²) in [5, 5.41) is 20.4. The molecule has 1 aromatic rings. The lowest BCUT2D eigenvalue weighted by Crippen LogP contribution is -2.37. The SMILES string of the molecule is Cn1nnnc1N1CCCC(CCO)C1. The summed E-state index contributed by atoms with van der Waals surface area (Å²) in [4.78, 5) is 2.20. The van der Waals surface area contributed by atoms with Crippen LogP contribution in [0.2, 0.25) is 0 Å². The number of aryl methyl sites for hydroxylation is 1. The van der Waals surface area contributed by atoms with Gasteiger partial charge in [-0.1, -0.05) is 5.10 Å². The van der Waals surface area contributed by atoms with Crippen molar-refractivity contribution in [2.45, 2.75) is 19.3 Å². The molecule has 84 valence electrons. The number of hydrogen-bond acceptors (Lipinski definition) is 5. The van der Waals surface area contributed by atoms with E-state index in [4.69, 9.17) is 5.11 Å². The van der Waals surface area contributed by atoms with Crippen molar-refractivity contribution in [2.75, 3.05) is 24.6 Å². The number of aromatic nitrogens is 4. The van der Waals surface area contributed by atoms with E-state index < -0.39 is 0 Å². The summed E-state index contributed by atoms with van der Waals surface area (Å²) in [7, 11) is 1.85. The van der Waals surface area contributed by atoms with Crippen molar-refractivity contribution >= 4 is 5.95 Å². The Morgan fingerprint density at radius 2 is 2.40 bits per heavy atom. The predicted molar refractivity (Wildman–Crippen MR) is 55.4 cm³/mol. The molecule has 2 rings (SSSR count). The molecule has 1 atom stereocenters. The van der Waals surface area contributed by atoms with Crippen molar-refractivity contribution in [3.63, 3.8) is 0 Å². The van der Waals surface area contributed by atoms with Gasteiger partial charge in [0.2, 0.25) is 5.95 Å². The highest BCUT2D eigenvalue weighted by molar-refractivity contribution is 5.28. The molecule has 0 aromatic carbocycles. The normalized spacial score (nSPS) is 22.0. The molecule has 0 spiro atoms. The molecular formula is C9H17N5O. The fourth-order valence-electron chi connectivity index (χ4n) is 2.16. The van der Waals surface area contributed by atoms with Crippen molar-refractivity contribution < 1.29 is 5.11 Å². The van der Waals surface area contributed by atoms with Gasteiger partial charge in [0.25, 0.3) is 0 Å². The monoisotopic (exact) mass is 211 g/mol. The standard InChI is InChI=1S/C9H17N5O/c1-13-9(10-11-12-13)14-5-2-3-8(7-14)4-6-15/h8,15H,2-7H2,1H3. The second-order valence-electron chi connectivity index (χ2n) is 4.07. The Morgan fingerprint density at radius 1 is 1.53 bits per heavy atom. The lowest BCUT2D eigenvalue weighted by molar-refractivity contribution is 0.243. The van der Waals surface area contributed by atoms with Crippen molar-refractivity contribution in [2.24, 2.45) is 13.0 Å². The van der Waals surface area contributed by atoms with Crippen LogP contribution in [-0.4, -0.2) is 45.0 Å². The molecule has 15 heavy (non-hydrogen) atoms. The van der Waals surface area contributed by atoms with Gasteiger partial charge in [0.15, 0.2) is 0 Å². The highest BCUT2D eigenvalue weighted by Crippen LogP contribution is 2.22. The molecule has 0 bridgehead atoms. The minimum atomic E-state index is 0.273. The van der Waals surface area contributed by atoms with Crippen LogP contribution < -0.4 is 4.90 Å². The first kappa shape index (κ1) is 10.4. The zero-order chi connectivity index (χ0) is 10.7. The number of aliphatic hydroxyl groups is 1. The number of hydrogen-bond donors (Lipinski definition) is 1. The van der Waals surface area contributed by atoms with Crippen LogP contribution in [-0.2, 0) is 7.05 Å². The second kappa shape index (κ2) is 4.57. The summed E-state index contributed by atoms with van der Waals surface area (Å²) in [6.45, 7) is 2.24. The van der Waals surface area contributed by atoms with Gasteiger partial charge < -0.3 is 10.0 Å². The summed E-state index contributed by atoms with van der Waals surface area (Å²) in [5.74, 6) is 1.40. The van der Waals surface area contributed by atoms with E-state index in [0.717, 1.165) is 31.9 Å². The molecule has 2 heterocycles. The van der Waals surface area contributed by atoms with Crippen LogP contribution in [0, 0.1) is 5.92 Å². The van der Waals surface area contributed by atoms with Gasteiger partial charge in [-0.15, -0.1) is 0 Å². The molecule has 0 amide bonds. The van der Waals surface area contributed by atoms with E-state index in [9.17, 15) is 0 Å². The van der Waals surface area contributed by atoms with Crippen LogP contribution in [0.1, 0.15) is 19.3 Å². The van der Waals surface area contributed by atoms with E-state index in [1.54, 1.807) is 4.68 Å².